The van der Waals surface area contributed by atoms with Crippen molar-refractivity contribution in [1.29, 1.82) is 0 Å². The van der Waals surface area contributed by atoms with E-state index in [1.54, 1.807) is 29.2 Å². The Morgan fingerprint density at radius 2 is 1.69 bits per heavy atom. The molecule has 0 radical (unpaired) electrons. The zero-order chi connectivity index (χ0) is 22.5. The first-order chi connectivity index (χ1) is 15.5. The second kappa shape index (κ2) is 9.51. The third-order valence-corrected chi connectivity index (χ3v) is 5.52. The Bertz CT molecular complexity index is 1000. The van der Waals surface area contributed by atoms with Crippen molar-refractivity contribution in [2.24, 2.45) is 0 Å². The molecular formula is C23H24N4O5. The number of ether oxygens (including phenoxy) is 1. The molecule has 4 rings (SSSR count). The number of para-hydroxylation sites is 1. The van der Waals surface area contributed by atoms with Crippen LogP contribution < -0.4 is 10.2 Å². The van der Waals surface area contributed by atoms with Crippen molar-refractivity contribution in [2.75, 3.05) is 44.2 Å². The summed E-state index contributed by atoms with van der Waals surface area (Å²) < 4.78 is 5.22. The number of esters is 1. The summed E-state index contributed by atoms with van der Waals surface area (Å²) in [5.41, 5.74) is 2.00. The van der Waals surface area contributed by atoms with E-state index < -0.39 is 12.0 Å². The largest absolute Gasteiger partial charge is 0.452 e. The third-order valence-electron chi connectivity index (χ3n) is 5.52. The fourth-order valence-electron chi connectivity index (χ4n) is 3.75. The van der Waals surface area contributed by atoms with E-state index in [0.29, 0.717) is 31.7 Å². The Labute approximate surface area is 185 Å². The minimum absolute atomic E-state index is 0.0255. The number of carbonyl (C=O) groups is 4. The van der Waals surface area contributed by atoms with Crippen LogP contribution in [0.3, 0.4) is 0 Å². The van der Waals surface area contributed by atoms with Gasteiger partial charge in [-0.15, -0.1) is 0 Å². The smallest absolute Gasteiger partial charge is 0.338 e. The van der Waals surface area contributed by atoms with E-state index in [9.17, 15) is 19.2 Å². The maximum Gasteiger partial charge on any atom is 0.338 e. The zero-order valence-corrected chi connectivity index (χ0v) is 17.5. The molecule has 0 spiro atoms. The van der Waals surface area contributed by atoms with Crippen LogP contribution in [-0.2, 0) is 20.9 Å². The maximum absolute atomic E-state index is 12.5. The maximum atomic E-state index is 12.5. The number of hydrogen-bond donors (Lipinski definition) is 1. The predicted molar refractivity (Wildman–Crippen MR) is 116 cm³/mol. The van der Waals surface area contributed by atoms with Crippen LogP contribution in [0.25, 0.3) is 0 Å². The third kappa shape index (κ3) is 4.88. The molecule has 9 heteroatoms. The summed E-state index contributed by atoms with van der Waals surface area (Å²) >= 11 is 0. The van der Waals surface area contributed by atoms with Crippen LogP contribution >= 0.6 is 0 Å². The number of carbonyl (C=O) groups excluding carboxylic acids is 4. The van der Waals surface area contributed by atoms with Crippen molar-refractivity contribution in [3.8, 4) is 0 Å². The van der Waals surface area contributed by atoms with Gasteiger partial charge in [-0.05, 0) is 29.8 Å². The number of urea groups is 1. The van der Waals surface area contributed by atoms with Crippen LogP contribution in [0, 0.1) is 0 Å². The lowest BCUT2D eigenvalue weighted by molar-refractivity contribution is -0.134. The summed E-state index contributed by atoms with van der Waals surface area (Å²) in [4.78, 5) is 53.3. The Hall–Kier alpha value is -3.88. The van der Waals surface area contributed by atoms with Gasteiger partial charge in [0.15, 0.2) is 6.61 Å². The SMILES string of the molecule is O=C(OCC(=O)N1CCN(c2ccccc2)CC1)c1cccc(CN2C(=O)CNC2=O)c1. The molecule has 2 aliphatic rings. The molecule has 0 aliphatic carbocycles. The van der Waals surface area contributed by atoms with E-state index in [-0.39, 0.29) is 37.1 Å². The van der Waals surface area contributed by atoms with Crippen molar-refractivity contribution < 1.29 is 23.9 Å². The summed E-state index contributed by atoms with van der Waals surface area (Å²) in [5.74, 6) is -1.18. The van der Waals surface area contributed by atoms with Gasteiger partial charge in [-0.2, -0.15) is 0 Å². The van der Waals surface area contributed by atoms with Crippen molar-refractivity contribution in [1.82, 2.24) is 15.1 Å². The molecule has 0 unspecified atom stereocenters. The number of hydrogen-bond acceptors (Lipinski definition) is 6. The summed E-state index contributed by atoms with van der Waals surface area (Å²) in [6, 6.07) is 16.1. The van der Waals surface area contributed by atoms with E-state index >= 15 is 0 Å². The lowest BCUT2D eigenvalue weighted by Gasteiger charge is -2.36. The molecule has 9 nitrogen and oxygen atoms in total. The molecule has 166 valence electrons. The average molecular weight is 436 g/mol. The fraction of sp³-hybridized carbons (Fsp3) is 0.304. The molecular weight excluding hydrogens is 412 g/mol. The Morgan fingerprint density at radius 1 is 0.938 bits per heavy atom. The van der Waals surface area contributed by atoms with Crippen molar-refractivity contribution in [3.63, 3.8) is 0 Å². The predicted octanol–water partition coefficient (Wildman–Crippen LogP) is 1.24. The van der Waals surface area contributed by atoms with Gasteiger partial charge < -0.3 is 19.9 Å². The molecule has 2 aromatic carbocycles. The Morgan fingerprint density at radius 3 is 2.38 bits per heavy atom. The average Bonchev–Trinajstić information content (AvgIpc) is 3.15. The fourth-order valence-corrected chi connectivity index (χ4v) is 3.75. The standard InChI is InChI=1S/C23H24N4O5/c28-20-14-24-23(31)27(20)15-17-5-4-6-18(13-17)22(30)32-16-21(29)26-11-9-25(10-12-26)19-7-2-1-3-8-19/h1-8,13H,9-12,14-16H2,(H,24,31). The van der Waals surface area contributed by atoms with Crippen LogP contribution in [0.2, 0.25) is 0 Å². The van der Waals surface area contributed by atoms with E-state index in [0.717, 1.165) is 10.6 Å². The van der Waals surface area contributed by atoms with E-state index in [1.165, 1.54) is 0 Å². The highest BCUT2D eigenvalue weighted by molar-refractivity contribution is 6.01. The van der Waals surface area contributed by atoms with Crippen LogP contribution in [0.15, 0.2) is 54.6 Å². The molecule has 2 saturated heterocycles. The van der Waals surface area contributed by atoms with Gasteiger partial charge in [0.1, 0.15) is 0 Å². The van der Waals surface area contributed by atoms with E-state index in [2.05, 4.69) is 10.2 Å². The monoisotopic (exact) mass is 436 g/mol. The molecule has 0 aromatic heterocycles. The van der Waals surface area contributed by atoms with Crippen LogP contribution in [0.5, 0.6) is 0 Å². The van der Waals surface area contributed by atoms with Crippen LogP contribution in [0.1, 0.15) is 15.9 Å². The van der Waals surface area contributed by atoms with Crippen LogP contribution in [-0.4, -0.2) is 72.9 Å². The van der Waals surface area contributed by atoms with Gasteiger partial charge in [0.05, 0.1) is 18.7 Å². The van der Waals surface area contributed by atoms with Gasteiger partial charge in [0.2, 0.25) is 5.91 Å². The van der Waals surface area contributed by atoms with Gasteiger partial charge in [-0.3, -0.25) is 14.5 Å². The highest BCUT2D eigenvalue weighted by Gasteiger charge is 2.28. The molecule has 0 saturated carbocycles. The normalized spacial score (nSPS) is 16.2. The first-order valence-electron chi connectivity index (χ1n) is 10.4. The zero-order valence-electron chi connectivity index (χ0n) is 17.5. The number of rotatable bonds is 6. The number of nitrogens with zero attached hydrogens (tertiary/aromatic N) is 3. The molecule has 1 N–H and O–H groups in total. The highest BCUT2D eigenvalue weighted by atomic mass is 16.5. The first-order valence-corrected chi connectivity index (χ1v) is 10.4. The lowest BCUT2D eigenvalue weighted by atomic mass is 10.1. The molecule has 32 heavy (non-hydrogen) atoms. The molecule has 2 aliphatic heterocycles. The second-order valence-electron chi connectivity index (χ2n) is 7.62. The number of amides is 4. The van der Waals surface area contributed by atoms with Crippen molar-refractivity contribution >= 4 is 29.5 Å². The summed E-state index contributed by atoms with van der Waals surface area (Å²) in [6.07, 6.45) is 0. The quantitative estimate of drug-likeness (QED) is 0.541. The number of piperazine rings is 1. The minimum atomic E-state index is -0.625. The van der Waals surface area contributed by atoms with Crippen molar-refractivity contribution in [2.45, 2.75) is 6.54 Å². The number of anilines is 1. The van der Waals surface area contributed by atoms with E-state index in [1.807, 2.05) is 30.3 Å². The Balaban J connectivity index is 1.27. The molecule has 2 fully saturated rings. The first kappa shape index (κ1) is 21.4. The summed E-state index contributed by atoms with van der Waals surface area (Å²) in [7, 11) is 0. The Kier molecular flexibility index (Phi) is 6.34. The van der Waals surface area contributed by atoms with Gasteiger partial charge in [-0.1, -0.05) is 30.3 Å². The van der Waals surface area contributed by atoms with Gasteiger partial charge in [0.25, 0.3) is 5.91 Å². The number of nitrogens with one attached hydrogen (secondary N) is 1. The van der Waals surface area contributed by atoms with Gasteiger partial charge >= 0.3 is 12.0 Å². The van der Waals surface area contributed by atoms with Crippen molar-refractivity contribution in [3.05, 3.63) is 65.7 Å². The van der Waals surface area contributed by atoms with E-state index in [4.69, 9.17) is 4.74 Å². The molecule has 0 bridgehead atoms. The summed E-state index contributed by atoms with van der Waals surface area (Å²) in [6.45, 7) is 2.27. The number of benzene rings is 2. The lowest BCUT2D eigenvalue weighted by Crippen LogP contribution is -2.49. The molecule has 2 aromatic rings. The molecule has 0 atom stereocenters. The van der Waals surface area contributed by atoms with Gasteiger partial charge in [0, 0.05) is 31.9 Å². The minimum Gasteiger partial charge on any atom is -0.452 e. The topological polar surface area (TPSA) is 99.3 Å². The highest BCUT2D eigenvalue weighted by Crippen LogP contribution is 2.16. The van der Waals surface area contributed by atoms with Crippen LogP contribution in [0.4, 0.5) is 10.5 Å². The molecule has 2 heterocycles. The van der Waals surface area contributed by atoms with Gasteiger partial charge in [-0.25, -0.2) is 9.59 Å². The second-order valence-corrected chi connectivity index (χ2v) is 7.62. The molecule has 4 amide bonds. The number of imide groups is 1. The summed E-state index contributed by atoms with van der Waals surface area (Å²) in [5, 5.41) is 2.45.